The van der Waals surface area contributed by atoms with Crippen LogP contribution in [0.4, 0.5) is 13.6 Å². The molecular formula is C20H23F2IN2O3. The van der Waals surface area contributed by atoms with Crippen LogP contribution in [0, 0.1) is 9.49 Å². The first-order valence-electron chi connectivity index (χ1n) is 8.75. The van der Waals surface area contributed by atoms with E-state index >= 15 is 0 Å². The van der Waals surface area contributed by atoms with Gasteiger partial charge in [-0.2, -0.15) is 0 Å². The summed E-state index contributed by atoms with van der Waals surface area (Å²) < 4.78 is 37.7. The maximum Gasteiger partial charge on any atom is 0.405 e. The van der Waals surface area contributed by atoms with Crippen molar-refractivity contribution in [2.75, 3.05) is 6.61 Å². The lowest BCUT2D eigenvalue weighted by Gasteiger charge is -2.30. The van der Waals surface area contributed by atoms with E-state index in [0.29, 0.717) is 17.7 Å². The largest absolute Gasteiger partial charge is 0.488 e. The van der Waals surface area contributed by atoms with Gasteiger partial charge in [0.2, 0.25) is 0 Å². The van der Waals surface area contributed by atoms with Gasteiger partial charge in [-0.05, 0) is 77.2 Å². The summed E-state index contributed by atoms with van der Waals surface area (Å²) in [5.74, 6) is 0.889. The monoisotopic (exact) mass is 504 g/mol. The van der Waals surface area contributed by atoms with E-state index in [2.05, 4.69) is 27.6 Å². The molecule has 0 saturated heterocycles. The van der Waals surface area contributed by atoms with Gasteiger partial charge in [0.05, 0.1) is 3.57 Å². The molecule has 28 heavy (non-hydrogen) atoms. The lowest BCUT2D eigenvalue weighted by Crippen LogP contribution is -2.41. The Kier molecular flexibility index (Phi) is 7.56. The summed E-state index contributed by atoms with van der Waals surface area (Å²) >= 11 is 2.12. The maximum absolute atomic E-state index is 12.9. The van der Waals surface area contributed by atoms with Crippen molar-refractivity contribution in [1.29, 1.82) is 0 Å². The van der Waals surface area contributed by atoms with Crippen molar-refractivity contribution in [3.05, 3.63) is 45.8 Å². The Bertz CT molecular complexity index is 833. The van der Waals surface area contributed by atoms with Crippen LogP contribution >= 0.6 is 22.6 Å². The van der Waals surface area contributed by atoms with Gasteiger partial charge >= 0.3 is 6.09 Å². The number of nitrogens with zero attached hydrogens (tertiary/aromatic N) is 1. The molecule has 0 aliphatic heterocycles. The Balaban J connectivity index is 2.18. The van der Waals surface area contributed by atoms with Crippen molar-refractivity contribution < 1.29 is 23.0 Å². The standard InChI is InChI=1S/C20H23F2IN2O3/c1-12(2)10-20(3,28-19(24)26)11-27-17-5-4-13(8-15(17)23)14-6-7-25-16(9-14)18(21)22/h4-9,12,18H,10-11H2,1-3H3,(H2,24,26). The van der Waals surface area contributed by atoms with E-state index in [1.165, 1.54) is 12.3 Å². The number of alkyl halides is 2. The number of hydrogen-bond donors (Lipinski definition) is 1. The number of amides is 1. The molecule has 0 radical (unpaired) electrons. The fourth-order valence-corrected chi connectivity index (χ4v) is 3.68. The molecule has 1 amide bonds. The van der Waals surface area contributed by atoms with E-state index in [1.807, 2.05) is 19.9 Å². The summed E-state index contributed by atoms with van der Waals surface area (Å²) in [6.07, 6.45) is -1.50. The fourth-order valence-electron chi connectivity index (χ4n) is 3.01. The van der Waals surface area contributed by atoms with E-state index in [4.69, 9.17) is 15.2 Å². The molecule has 1 atom stereocenters. The number of carbonyl (C=O) groups excluding carboxylic acids is 1. The van der Waals surface area contributed by atoms with Crippen LogP contribution in [-0.4, -0.2) is 23.3 Å². The van der Waals surface area contributed by atoms with Gasteiger partial charge in [-0.1, -0.05) is 19.9 Å². The average molecular weight is 504 g/mol. The number of aromatic nitrogens is 1. The first kappa shape index (κ1) is 22.3. The third-order valence-corrected chi connectivity index (χ3v) is 4.83. The number of primary amides is 1. The van der Waals surface area contributed by atoms with Gasteiger partial charge in [0, 0.05) is 6.20 Å². The molecule has 2 aromatic rings. The second-order valence-electron chi connectivity index (χ2n) is 7.17. The number of nitrogens with two attached hydrogens (primary N) is 1. The van der Waals surface area contributed by atoms with Gasteiger partial charge in [-0.3, -0.25) is 4.98 Å². The molecule has 5 nitrogen and oxygen atoms in total. The zero-order valence-corrected chi connectivity index (χ0v) is 18.1. The van der Waals surface area contributed by atoms with Crippen LogP contribution in [0.1, 0.15) is 39.3 Å². The Morgan fingerprint density at radius 3 is 2.50 bits per heavy atom. The van der Waals surface area contributed by atoms with Gasteiger partial charge in [-0.25, -0.2) is 13.6 Å². The number of carbonyl (C=O) groups is 1. The summed E-state index contributed by atoms with van der Waals surface area (Å²) in [6, 6.07) is 8.45. The lowest BCUT2D eigenvalue weighted by molar-refractivity contribution is -0.0188. The molecular weight excluding hydrogens is 481 g/mol. The van der Waals surface area contributed by atoms with Gasteiger partial charge < -0.3 is 15.2 Å². The molecule has 1 unspecified atom stereocenters. The SMILES string of the molecule is CC(C)CC(C)(COc1ccc(-c2ccnc(C(F)F)c2)cc1I)OC(N)=O. The van der Waals surface area contributed by atoms with Crippen molar-refractivity contribution in [3.63, 3.8) is 0 Å². The predicted molar refractivity (Wildman–Crippen MR) is 111 cm³/mol. The molecule has 0 saturated carbocycles. The van der Waals surface area contributed by atoms with Gasteiger partial charge in [0.15, 0.2) is 0 Å². The smallest absolute Gasteiger partial charge is 0.405 e. The first-order chi connectivity index (χ1) is 13.1. The first-order valence-corrected chi connectivity index (χ1v) is 9.83. The average Bonchev–Trinajstić information content (AvgIpc) is 2.59. The topological polar surface area (TPSA) is 74.4 Å². The summed E-state index contributed by atoms with van der Waals surface area (Å²) in [5, 5.41) is 0. The number of hydrogen-bond acceptors (Lipinski definition) is 4. The molecule has 0 bridgehead atoms. The summed E-state index contributed by atoms with van der Waals surface area (Å²) in [6.45, 7) is 5.96. The zero-order chi connectivity index (χ0) is 20.9. The van der Waals surface area contributed by atoms with Gasteiger partial charge in [0.1, 0.15) is 23.7 Å². The molecule has 0 aliphatic carbocycles. The van der Waals surface area contributed by atoms with E-state index in [0.717, 1.165) is 9.13 Å². The Morgan fingerprint density at radius 1 is 1.25 bits per heavy atom. The van der Waals surface area contributed by atoms with Crippen molar-refractivity contribution in [3.8, 4) is 16.9 Å². The molecule has 0 fully saturated rings. The second-order valence-corrected chi connectivity index (χ2v) is 8.34. The fraction of sp³-hybridized carbons (Fsp3) is 0.400. The molecule has 1 aromatic carbocycles. The quantitative estimate of drug-likeness (QED) is 0.477. The second kappa shape index (κ2) is 9.49. The van der Waals surface area contributed by atoms with E-state index in [1.54, 1.807) is 25.1 Å². The van der Waals surface area contributed by atoms with Crippen LogP contribution in [0.15, 0.2) is 36.5 Å². The minimum Gasteiger partial charge on any atom is -0.488 e. The normalized spacial score (nSPS) is 13.4. The highest BCUT2D eigenvalue weighted by atomic mass is 127. The van der Waals surface area contributed by atoms with Crippen LogP contribution in [0.2, 0.25) is 0 Å². The van der Waals surface area contributed by atoms with E-state index in [9.17, 15) is 13.6 Å². The molecule has 0 aliphatic rings. The summed E-state index contributed by atoms with van der Waals surface area (Å²) in [4.78, 5) is 14.9. The van der Waals surface area contributed by atoms with Crippen LogP contribution < -0.4 is 10.5 Å². The van der Waals surface area contributed by atoms with E-state index < -0.39 is 18.1 Å². The Labute approximate surface area is 176 Å². The van der Waals surface area contributed by atoms with Crippen molar-refractivity contribution in [1.82, 2.24) is 4.98 Å². The Hall–Kier alpha value is -1.97. The highest BCUT2D eigenvalue weighted by Crippen LogP contribution is 2.31. The maximum atomic E-state index is 12.9. The third kappa shape index (κ3) is 6.29. The lowest BCUT2D eigenvalue weighted by atomic mass is 9.95. The minimum atomic E-state index is -2.62. The third-order valence-electron chi connectivity index (χ3n) is 3.99. The number of pyridine rings is 1. The number of benzene rings is 1. The summed E-state index contributed by atoms with van der Waals surface area (Å²) in [7, 11) is 0. The van der Waals surface area contributed by atoms with Crippen LogP contribution in [0.3, 0.4) is 0 Å². The minimum absolute atomic E-state index is 0.147. The zero-order valence-electron chi connectivity index (χ0n) is 15.9. The van der Waals surface area contributed by atoms with Crippen molar-refractivity contribution >= 4 is 28.7 Å². The van der Waals surface area contributed by atoms with E-state index in [-0.39, 0.29) is 18.2 Å². The van der Waals surface area contributed by atoms with Gasteiger partial charge in [0.25, 0.3) is 6.43 Å². The van der Waals surface area contributed by atoms with Gasteiger partial charge in [-0.15, -0.1) is 0 Å². The highest BCUT2D eigenvalue weighted by Gasteiger charge is 2.30. The molecule has 0 spiro atoms. The molecule has 2 N–H and O–H groups in total. The summed E-state index contributed by atoms with van der Waals surface area (Å²) in [5.41, 5.74) is 5.51. The number of ether oxygens (including phenoxy) is 2. The molecule has 1 aromatic heterocycles. The van der Waals surface area contributed by atoms with Crippen molar-refractivity contribution in [2.45, 2.75) is 39.2 Å². The molecule has 8 heteroatoms. The Morgan fingerprint density at radius 2 is 1.93 bits per heavy atom. The van der Waals surface area contributed by atoms with Crippen LogP contribution in [0.5, 0.6) is 5.75 Å². The molecule has 1 heterocycles. The van der Waals surface area contributed by atoms with Crippen molar-refractivity contribution in [2.24, 2.45) is 11.7 Å². The highest BCUT2D eigenvalue weighted by molar-refractivity contribution is 14.1. The number of rotatable bonds is 8. The number of halogens is 3. The molecule has 152 valence electrons. The van der Waals surface area contributed by atoms with Crippen LogP contribution in [-0.2, 0) is 4.74 Å². The van der Waals surface area contributed by atoms with Crippen LogP contribution in [0.25, 0.3) is 11.1 Å². The molecule has 2 rings (SSSR count). The predicted octanol–water partition coefficient (Wildman–Crippen LogP) is 5.57.